The normalized spacial score (nSPS) is 33.9. The summed E-state index contributed by atoms with van der Waals surface area (Å²) in [6, 6.07) is 0. The fraction of sp³-hybridized carbons (Fsp3) is 0.833. The molecular formula is C12H20O4. The maximum Gasteiger partial charge on any atom is 0.132 e. The number of hydrogen-bond donors (Lipinski definition) is 2. The van der Waals surface area contributed by atoms with Crippen molar-refractivity contribution in [1.29, 1.82) is 0 Å². The van der Waals surface area contributed by atoms with Crippen LogP contribution in [0.2, 0.25) is 0 Å². The first-order valence-corrected chi connectivity index (χ1v) is 5.93. The lowest BCUT2D eigenvalue weighted by molar-refractivity contribution is -0.120. The minimum Gasteiger partial charge on any atom is -0.393 e. The molecule has 0 saturated heterocycles. The Balaban J connectivity index is 2.45. The summed E-state index contributed by atoms with van der Waals surface area (Å²) >= 11 is 0. The molecule has 1 aliphatic carbocycles. The molecule has 4 atom stereocenters. The van der Waals surface area contributed by atoms with Crippen LogP contribution in [-0.4, -0.2) is 34.5 Å². The lowest BCUT2D eigenvalue weighted by Gasteiger charge is -2.17. The predicted molar refractivity (Wildman–Crippen MR) is 58.8 cm³/mol. The van der Waals surface area contributed by atoms with Crippen molar-refractivity contribution in [2.75, 3.05) is 0 Å². The molecule has 16 heavy (non-hydrogen) atoms. The van der Waals surface area contributed by atoms with Crippen molar-refractivity contribution >= 4 is 12.1 Å². The third-order valence-electron chi connectivity index (χ3n) is 3.36. The Bertz CT molecular complexity index is 251. The van der Waals surface area contributed by atoms with E-state index in [0.29, 0.717) is 25.5 Å². The molecule has 1 aliphatic rings. The minimum absolute atomic E-state index is 0.167. The molecule has 4 heteroatoms. The van der Waals surface area contributed by atoms with Crippen LogP contribution in [0.4, 0.5) is 0 Å². The molecule has 1 saturated carbocycles. The highest BCUT2D eigenvalue weighted by Crippen LogP contribution is 2.34. The van der Waals surface area contributed by atoms with Crippen LogP contribution in [0.3, 0.4) is 0 Å². The first kappa shape index (κ1) is 13.3. The van der Waals surface area contributed by atoms with Crippen molar-refractivity contribution in [2.24, 2.45) is 11.8 Å². The number of Topliss-reactive ketones (excluding diaryl/α,β-unsaturated/α-hetero) is 1. The second-order valence-corrected chi connectivity index (χ2v) is 4.58. The van der Waals surface area contributed by atoms with E-state index in [0.717, 1.165) is 6.42 Å². The molecule has 1 fully saturated rings. The zero-order valence-corrected chi connectivity index (χ0v) is 9.63. The molecule has 0 amide bonds. The molecule has 2 N–H and O–H groups in total. The Morgan fingerprint density at radius 3 is 2.56 bits per heavy atom. The van der Waals surface area contributed by atoms with E-state index in [9.17, 15) is 19.8 Å². The SMILES string of the molecule is CCCC(=O)CC[C@@H]1[C@H](C=O)[C@@H](O)C[C@H]1O. The lowest BCUT2D eigenvalue weighted by Crippen LogP contribution is -2.24. The summed E-state index contributed by atoms with van der Waals surface area (Å²) < 4.78 is 0. The molecular weight excluding hydrogens is 208 g/mol. The third kappa shape index (κ3) is 3.12. The summed E-state index contributed by atoms with van der Waals surface area (Å²) in [5.41, 5.74) is 0. The number of carbonyl (C=O) groups is 2. The summed E-state index contributed by atoms with van der Waals surface area (Å²) in [6.07, 6.45) is 1.82. The number of aldehydes is 1. The van der Waals surface area contributed by atoms with Gasteiger partial charge in [0.2, 0.25) is 0 Å². The van der Waals surface area contributed by atoms with Crippen molar-refractivity contribution in [3.63, 3.8) is 0 Å². The van der Waals surface area contributed by atoms with Gasteiger partial charge in [-0.1, -0.05) is 6.92 Å². The van der Waals surface area contributed by atoms with Crippen molar-refractivity contribution < 1.29 is 19.8 Å². The van der Waals surface area contributed by atoms with Gasteiger partial charge in [0.05, 0.1) is 12.2 Å². The van der Waals surface area contributed by atoms with Crippen LogP contribution in [-0.2, 0) is 9.59 Å². The number of aliphatic hydroxyl groups excluding tert-OH is 2. The van der Waals surface area contributed by atoms with Gasteiger partial charge in [-0.3, -0.25) is 4.79 Å². The zero-order valence-electron chi connectivity index (χ0n) is 9.63. The summed E-state index contributed by atoms with van der Waals surface area (Å²) in [6.45, 7) is 1.94. The monoisotopic (exact) mass is 228 g/mol. The van der Waals surface area contributed by atoms with Gasteiger partial charge in [0.1, 0.15) is 12.1 Å². The number of carbonyl (C=O) groups excluding carboxylic acids is 2. The Morgan fingerprint density at radius 2 is 2.00 bits per heavy atom. The van der Waals surface area contributed by atoms with Crippen molar-refractivity contribution in [1.82, 2.24) is 0 Å². The molecule has 0 bridgehead atoms. The van der Waals surface area contributed by atoms with Gasteiger partial charge in [0.25, 0.3) is 0 Å². The fourth-order valence-corrected chi connectivity index (χ4v) is 2.43. The highest BCUT2D eigenvalue weighted by molar-refractivity contribution is 5.78. The largest absolute Gasteiger partial charge is 0.393 e. The second-order valence-electron chi connectivity index (χ2n) is 4.58. The summed E-state index contributed by atoms with van der Waals surface area (Å²) in [5.74, 6) is -0.599. The molecule has 1 rings (SSSR count). The highest BCUT2D eigenvalue weighted by atomic mass is 16.3. The summed E-state index contributed by atoms with van der Waals surface area (Å²) in [4.78, 5) is 22.1. The van der Waals surface area contributed by atoms with Gasteiger partial charge in [-0.2, -0.15) is 0 Å². The van der Waals surface area contributed by atoms with E-state index in [1.54, 1.807) is 0 Å². The Morgan fingerprint density at radius 1 is 1.31 bits per heavy atom. The van der Waals surface area contributed by atoms with Gasteiger partial charge in [-0.05, 0) is 18.8 Å². The molecule has 92 valence electrons. The Labute approximate surface area is 95.7 Å². The van der Waals surface area contributed by atoms with Crippen LogP contribution >= 0.6 is 0 Å². The zero-order chi connectivity index (χ0) is 12.1. The van der Waals surface area contributed by atoms with E-state index in [-0.39, 0.29) is 18.1 Å². The maximum atomic E-state index is 11.4. The quantitative estimate of drug-likeness (QED) is 0.656. The molecule has 4 nitrogen and oxygen atoms in total. The first-order chi connectivity index (χ1) is 7.60. The molecule has 0 unspecified atom stereocenters. The van der Waals surface area contributed by atoms with Crippen molar-refractivity contribution in [3.05, 3.63) is 0 Å². The van der Waals surface area contributed by atoms with Gasteiger partial charge in [0, 0.05) is 25.2 Å². The van der Waals surface area contributed by atoms with Crippen LogP contribution < -0.4 is 0 Å². The summed E-state index contributed by atoms with van der Waals surface area (Å²) in [5, 5.41) is 19.2. The smallest absolute Gasteiger partial charge is 0.132 e. The molecule has 0 aromatic carbocycles. The number of ketones is 1. The fourth-order valence-electron chi connectivity index (χ4n) is 2.43. The van der Waals surface area contributed by atoms with Gasteiger partial charge >= 0.3 is 0 Å². The Kier molecular flexibility index (Phi) is 5.09. The molecule has 0 heterocycles. The number of hydrogen-bond acceptors (Lipinski definition) is 4. The molecule has 0 radical (unpaired) electrons. The van der Waals surface area contributed by atoms with Crippen LogP contribution in [0, 0.1) is 11.8 Å². The topological polar surface area (TPSA) is 74.6 Å². The Hall–Kier alpha value is -0.740. The molecule has 0 aromatic rings. The van der Waals surface area contributed by atoms with Crippen LogP contribution in [0.25, 0.3) is 0 Å². The van der Waals surface area contributed by atoms with Crippen molar-refractivity contribution in [3.8, 4) is 0 Å². The molecule has 0 aromatic heterocycles. The highest BCUT2D eigenvalue weighted by Gasteiger charge is 2.41. The van der Waals surface area contributed by atoms with Crippen LogP contribution in [0.15, 0.2) is 0 Å². The third-order valence-corrected chi connectivity index (χ3v) is 3.36. The molecule has 0 spiro atoms. The van der Waals surface area contributed by atoms with E-state index < -0.39 is 18.1 Å². The number of rotatable bonds is 6. The maximum absolute atomic E-state index is 11.4. The van der Waals surface area contributed by atoms with E-state index in [1.165, 1.54) is 0 Å². The van der Waals surface area contributed by atoms with Crippen molar-refractivity contribution in [2.45, 2.75) is 51.2 Å². The minimum atomic E-state index is -0.751. The van der Waals surface area contributed by atoms with E-state index in [2.05, 4.69) is 0 Å². The molecule has 0 aliphatic heterocycles. The second kappa shape index (κ2) is 6.11. The number of aliphatic hydroxyl groups is 2. The van der Waals surface area contributed by atoms with Gasteiger partial charge < -0.3 is 15.0 Å². The average molecular weight is 228 g/mol. The van der Waals surface area contributed by atoms with Crippen LogP contribution in [0.1, 0.15) is 39.0 Å². The van der Waals surface area contributed by atoms with Gasteiger partial charge in [-0.15, -0.1) is 0 Å². The average Bonchev–Trinajstić information content (AvgIpc) is 2.50. The lowest BCUT2D eigenvalue weighted by atomic mass is 9.89. The van der Waals surface area contributed by atoms with Crippen LogP contribution in [0.5, 0.6) is 0 Å². The predicted octanol–water partition coefficient (Wildman–Crippen LogP) is 0.693. The summed E-state index contributed by atoms with van der Waals surface area (Å²) in [7, 11) is 0. The first-order valence-electron chi connectivity index (χ1n) is 5.93. The van der Waals surface area contributed by atoms with E-state index in [4.69, 9.17) is 0 Å². The van der Waals surface area contributed by atoms with E-state index in [1.807, 2.05) is 6.92 Å². The van der Waals surface area contributed by atoms with Gasteiger partial charge in [-0.25, -0.2) is 0 Å². The van der Waals surface area contributed by atoms with E-state index >= 15 is 0 Å². The van der Waals surface area contributed by atoms with Gasteiger partial charge in [0.15, 0.2) is 0 Å². The standard InChI is InChI=1S/C12H20O4/c1-2-3-8(14)4-5-9-10(7-13)12(16)6-11(9)15/h7,9-12,15-16H,2-6H2,1H3/t9-,10+,11-,12+/m1/s1.